The van der Waals surface area contributed by atoms with Crippen molar-refractivity contribution in [3.8, 4) is 23.0 Å². The largest absolute Gasteiger partial charge is 0.507 e. The van der Waals surface area contributed by atoms with E-state index in [0.717, 1.165) is 16.7 Å². The highest BCUT2D eigenvalue weighted by Crippen LogP contribution is 2.40. The van der Waals surface area contributed by atoms with Crippen molar-refractivity contribution in [2.75, 3.05) is 14.2 Å². The van der Waals surface area contributed by atoms with Gasteiger partial charge in [0.15, 0.2) is 11.5 Å². The average Bonchev–Trinajstić information content (AvgIpc) is 2.72. The number of benzene rings is 2. The van der Waals surface area contributed by atoms with E-state index in [1.165, 1.54) is 20.4 Å². The van der Waals surface area contributed by atoms with Crippen molar-refractivity contribution >= 4 is 12.1 Å². The number of nitrogens with one attached hydrogen (secondary N) is 1. The summed E-state index contributed by atoms with van der Waals surface area (Å²) in [6, 6.07) is 7.14. The molecule has 0 unspecified atom stereocenters. The van der Waals surface area contributed by atoms with Crippen molar-refractivity contribution in [2.24, 2.45) is 5.10 Å². The van der Waals surface area contributed by atoms with Crippen LogP contribution in [0.25, 0.3) is 0 Å². The maximum atomic E-state index is 12.4. The lowest BCUT2D eigenvalue weighted by Crippen LogP contribution is -2.20. The maximum Gasteiger partial charge on any atom is 0.240 e. The highest BCUT2D eigenvalue weighted by atomic mass is 16.5. The number of carbonyl (C=O) groups excluding carboxylic acids is 1. The van der Waals surface area contributed by atoms with Crippen molar-refractivity contribution in [1.82, 2.24) is 5.43 Å². The minimum absolute atomic E-state index is 0.0978. The number of hydrazone groups is 1. The van der Waals surface area contributed by atoms with E-state index >= 15 is 0 Å². The topological polar surface area (TPSA) is 100 Å². The van der Waals surface area contributed by atoms with E-state index in [9.17, 15) is 15.0 Å². The van der Waals surface area contributed by atoms with Crippen molar-refractivity contribution < 1.29 is 24.5 Å². The summed E-state index contributed by atoms with van der Waals surface area (Å²) in [5, 5.41) is 24.8. The zero-order chi connectivity index (χ0) is 25.0. The molecule has 0 aliphatic rings. The summed E-state index contributed by atoms with van der Waals surface area (Å²) in [4.78, 5) is 12.4. The zero-order valence-corrected chi connectivity index (χ0v) is 20.9. The van der Waals surface area contributed by atoms with Gasteiger partial charge in [0.2, 0.25) is 11.7 Å². The van der Waals surface area contributed by atoms with Crippen LogP contribution in [0, 0.1) is 0 Å². The van der Waals surface area contributed by atoms with Crippen LogP contribution in [0.3, 0.4) is 0 Å². The molecule has 0 radical (unpaired) electrons. The van der Waals surface area contributed by atoms with Gasteiger partial charge >= 0.3 is 0 Å². The molecule has 0 aliphatic carbocycles. The molecule has 2 rings (SSSR count). The average molecular weight is 457 g/mol. The van der Waals surface area contributed by atoms with Gasteiger partial charge in [0.25, 0.3) is 0 Å². The SMILES string of the molecule is COc1cc(/C=N\NC(=O)CCc2cc(C(C)(C)C)c(O)c(C(C)(C)C)c2)cc(OC)c1O. The number of nitrogens with zero attached hydrogens (tertiary/aromatic N) is 1. The van der Waals surface area contributed by atoms with Crippen LogP contribution in [0.15, 0.2) is 29.4 Å². The number of carbonyl (C=O) groups is 1. The number of phenols is 2. The first-order chi connectivity index (χ1) is 15.3. The summed E-state index contributed by atoms with van der Waals surface area (Å²) in [7, 11) is 2.88. The molecule has 0 atom stereocenters. The Bertz CT molecular complexity index is 970. The molecule has 180 valence electrons. The predicted octanol–water partition coefficient (Wildman–Crippen LogP) is 4.79. The fourth-order valence-corrected chi connectivity index (χ4v) is 3.46. The summed E-state index contributed by atoms with van der Waals surface area (Å²) < 4.78 is 10.2. The second-order valence-corrected chi connectivity index (χ2v) is 10.1. The van der Waals surface area contributed by atoms with Crippen molar-refractivity contribution in [3.63, 3.8) is 0 Å². The molecule has 0 saturated carbocycles. The van der Waals surface area contributed by atoms with E-state index in [0.29, 0.717) is 17.7 Å². The van der Waals surface area contributed by atoms with Crippen LogP contribution in [0.5, 0.6) is 23.0 Å². The number of rotatable bonds is 7. The maximum absolute atomic E-state index is 12.4. The van der Waals surface area contributed by atoms with Crippen LogP contribution in [0.4, 0.5) is 0 Å². The molecular weight excluding hydrogens is 420 g/mol. The van der Waals surface area contributed by atoms with Crippen LogP contribution in [-0.4, -0.2) is 36.6 Å². The van der Waals surface area contributed by atoms with Gasteiger partial charge in [0.05, 0.1) is 20.4 Å². The Hall–Kier alpha value is -3.22. The third-order valence-electron chi connectivity index (χ3n) is 5.33. The Morgan fingerprint density at radius 2 is 1.39 bits per heavy atom. The van der Waals surface area contributed by atoms with Crippen LogP contribution in [0.2, 0.25) is 0 Å². The number of phenolic OH excluding ortho intramolecular Hbond substituents is 2. The molecule has 1 amide bonds. The standard InChI is InChI=1S/C26H36N2O5/c1-25(2,3)18-11-16(12-19(23(18)30)26(4,5)6)9-10-22(29)28-27-15-17-13-20(32-7)24(31)21(14-17)33-8/h11-15,30-31H,9-10H2,1-8H3,(H,28,29)/b27-15-. The van der Waals surface area contributed by atoms with Gasteiger partial charge in [-0.15, -0.1) is 0 Å². The van der Waals surface area contributed by atoms with Crippen LogP contribution >= 0.6 is 0 Å². The predicted molar refractivity (Wildman–Crippen MR) is 131 cm³/mol. The molecular formula is C26H36N2O5. The Morgan fingerprint density at radius 1 is 0.909 bits per heavy atom. The normalized spacial score (nSPS) is 12.1. The third kappa shape index (κ3) is 6.63. The minimum atomic E-state index is -0.230. The van der Waals surface area contributed by atoms with Gasteiger partial charge in [0, 0.05) is 12.0 Å². The molecule has 3 N–H and O–H groups in total. The lowest BCUT2D eigenvalue weighted by Gasteiger charge is -2.28. The number of aromatic hydroxyl groups is 2. The third-order valence-corrected chi connectivity index (χ3v) is 5.33. The summed E-state index contributed by atoms with van der Waals surface area (Å²) in [6.07, 6.45) is 2.23. The summed E-state index contributed by atoms with van der Waals surface area (Å²) in [5.41, 5.74) is 5.43. The molecule has 0 saturated heterocycles. The van der Waals surface area contributed by atoms with Gasteiger partial charge in [-0.05, 0) is 46.1 Å². The second kappa shape index (κ2) is 10.1. The van der Waals surface area contributed by atoms with E-state index in [4.69, 9.17) is 9.47 Å². The van der Waals surface area contributed by atoms with E-state index in [1.807, 2.05) is 12.1 Å². The van der Waals surface area contributed by atoms with Gasteiger partial charge < -0.3 is 19.7 Å². The first kappa shape index (κ1) is 26.0. The molecule has 33 heavy (non-hydrogen) atoms. The van der Waals surface area contributed by atoms with Crippen LogP contribution < -0.4 is 14.9 Å². The fraction of sp³-hybridized carbons (Fsp3) is 0.462. The number of ether oxygens (including phenoxy) is 2. The molecule has 2 aromatic carbocycles. The Balaban J connectivity index is 2.12. The molecule has 0 heterocycles. The Morgan fingerprint density at radius 3 is 1.82 bits per heavy atom. The highest BCUT2D eigenvalue weighted by Gasteiger charge is 2.26. The highest BCUT2D eigenvalue weighted by molar-refractivity contribution is 5.84. The van der Waals surface area contributed by atoms with Crippen molar-refractivity contribution in [2.45, 2.75) is 65.2 Å². The van der Waals surface area contributed by atoms with E-state index in [-0.39, 0.29) is 40.4 Å². The smallest absolute Gasteiger partial charge is 0.240 e. The summed E-state index contributed by atoms with van der Waals surface area (Å²) in [6.45, 7) is 12.4. The zero-order valence-electron chi connectivity index (χ0n) is 20.9. The van der Waals surface area contributed by atoms with Gasteiger partial charge in [-0.3, -0.25) is 4.79 Å². The molecule has 0 spiro atoms. The van der Waals surface area contributed by atoms with Crippen LogP contribution in [-0.2, 0) is 22.0 Å². The number of hydrogen-bond acceptors (Lipinski definition) is 6. The summed E-state index contributed by atoms with van der Waals surface area (Å²) >= 11 is 0. The van der Waals surface area contributed by atoms with Gasteiger partial charge in [-0.2, -0.15) is 5.10 Å². The first-order valence-electron chi connectivity index (χ1n) is 10.9. The second-order valence-electron chi connectivity index (χ2n) is 10.1. The molecule has 7 nitrogen and oxygen atoms in total. The number of hydrogen-bond donors (Lipinski definition) is 3. The molecule has 0 fully saturated rings. The van der Waals surface area contributed by atoms with Gasteiger partial charge in [0.1, 0.15) is 5.75 Å². The molecule has 7 heteroatoms. The molecule has 0 aliphatic heterocycles. The Kier molecular flexibility index (Phi) is 8.01. The molecule has 0 bridgehead atoms. The van der Waals surface area contributed by atoms with Crippen molar-refractivity contribution in [1.29, 1.82) is 0 Å². The van der Waals surface area contributed by atoms with Crippen molar-refractivity contribution in [3.05, 3.63) is 46.5 Å². The quantitative estimate of drug-likeness (QED) is 0.411. The number of amides is 1. The summed E-state index contributed by atoms with van der Waals surface area (Å²) in [5.74, 6) is 0.496. The lowest BCUT2D eigenvalue weighted by molar-refractivity contribution is -0.121. The number of aryl methyl sites for hydroxylation is 1. The fourth-order valence-electron chi connectivity index (χ4n) is 3.46. The van der Waals surface area contributed by atoms with E-state index in [1.54, 1.807) is 12.1 Å². The Labute approximate surface area is 196 Å². The van der Waals surface area contributed by atoms with Gasteiger partial charge in [-0.1, -0.05) is 53.7 Å². The van der Waals surface area contributed by atoms with E-state index in [2.05, 4.69) is 52.1 Å². The molecule has 2 aromatic rings. The van der Waals surface area contributed by atoms with E-state index < -0.39 is 0 Å². The first-order valence-corrected chi connectivity index (χ1v) is 10.9. The lowest BCUT2D eigenvalue weighted by atomic mass is 9.78. The monoisotopic (exact) mass is 456 g/mol. The molecule has 0 aromatic heterocycles. The van der Waals surface area contributed by atoms with Crippen LogP contribution in [0.1, 0.15) is 70.2 Å². The van der Waals surface area contributed by atoms with Gasteiger partial charge in [-0.25, -0.2) is 5.43 Å². The minimum Gasteiger partial charge on any atom is -0.507 e. The number of methoxy groups -OCH3 is 2.